The molecule has 58 valence electrons. The Kier molecular flexibility index (Phi) is 1.33. The second-order valence-electron chi connectivity index (χ2n) is 4.40. The number of hydrogen-bond donors (Lipinski definition) is 0. The summed E-state index contributed by atoms with van der Waals surface area (Å²) < 4.78 is 0. The van der Waals surface area contributed by atoms with Gasteiger partial charge in [0.05, 0.1) is 0 Å². The van der Waals surface area contributed by atoms with Crippen LogP contribution < -0.4 is 0 Å². The van der Waals surface area contributed by atoms with E-state index in [4.69, 9.17) is 0 Å². The fraction of sp³-hybridized carbons (Fsp3) is 1.00. The molecule has 0 spiro atoms. The largest absolute Gasteiger partial charge is 0.0654 e. The summed E-state index contributed by atoms with van der Waals surface area (Å²) in [5, 5.41) is 0. The van der Waals surface area contributed by atoms with E-state index in [-0.39, 0.29) is 0 Å². The lowest BCUT2D eigenvalue weighted by Crippen LogP contribution is -1.95. The van der Waals surface area contributed by atoms with Gasteiger partial charge >= 0.3 is 0 Å². The summed E-state index contributed by atoms with van der Waals surface area (Å²) in [5.41, 5.74) is 0.829. The van der Waals surface area contributed by atoms with E-state index in [1.165, 1.54) is 31.1 Å². The molecular weight excluding hydrogens is 120 g/mol. The van der Waals surface area contributed by atoms with Crippen LogP contribution in [-0.2, 0) is 0 Å². The van der Waals surface area contributed by atoms with Crippen molar-refractivity contribution < 1.29 is 0 Å². The second kappa shape index (κ2) is 1.99. The standard InChI is InChI=1S/C10H18/c1-3-4-7-10(2)8-5-6-9(8)10/h8-9H,3-7H2,1-2H3. The van der Waals surface area contributed by atoms with E-state index in [1.807, 2.05) is 0 Å². The van der Waals surface area contributed by atoms with Gasteiger partial charge < -0.3 is 0 Å². The van der Waals surface area contributed by atoms with Crippen molar-refractivity contribution >= 4 is 0 Å². The monoisotopic (exact) mass is 138 g/mol. The Morgan fingerprint density at radius 3 is 2.30 bits per heavy atom. The molecule has 0 aromatic heterocycles. The average Bonchev–Trinajstić information content (AvgIpc) is 2.20. The molecular formula is C10H18. The Balaban J connectivity index is 1.82. The smallest absolute Gasteiger partial charge is 0.0264 e. The van der Waals surface area contributed by atoms with Crippen LogP contribution in [0.5, 0.6) is 0 Å². The third-order valence-corrected chi connectivity index (χ3v) is 3.93. The topological polar surface area (TPSA) is 0 Å². The highest BCUT2D eigenvalue weighted by molar-refractivity contribution is 5.13. The molecule has 2 rings (SSSR count). The van der Waals surface area contributed by atoms with Crippen LogP contribution in [0.2, 0.25) is 0 Å². The van der Waals surface area contributed by atoms with Gasteiger partial charge in [0.1, 0.15) is 0 Å². The van der Waals surface area contributed by atoms with Crippen molar-refractivity contribution in [2.75, 3.05) is 0 Å². The molecule has 2 aliphatic rings. The van der Waals surface area contributed by atoms with Gasteiger partial charge in [-0.05, 0) is 36.5 Å². The van der Waals surface area contributed by atoms with Gasteiger partial charge in [0.25, 0.3) is 0 Å². The first-order chi connectivity index (χ1) is 4.79. The maximum atomic E-state index is 2.50. The molecule has 0 heteroatoms. The van der Waals surface area contributed by atoms with Gasteiger partial charge in [0.2, 0.25) is 0 Å². The lowest BCUT2D eigenvalue weighted by molar-refractivity contribution is 0.451. The Morgan fingerprint density at radius 1 is 1.30 bits per heavy atom. The summed E-state index contributed by atoms with van der Waals surface area (Å²) in [6.07, 6.45) is 7.45. The molecule has 0 saturated heterocycles. The van der Waals surface area contributed by atoms with Crippen LogP contribution in [0.3, 0.4) is 0 Å². The zero-order chi connectivity index (χ0) is 7.19. The van der Waals surface area contributed by atoms with Crippen molar-refractivity contribution in [3.05, 3.63) is 0 Å². The molecule has 2 aliphatic carbocycles. The zero-order valence-corrected chi connectivity index (χ0v) is 7.19. The van der Waals surface area contributed by atoms with E-state index in [9.17, 15) is 0 Å². The van der Waals surface area contributed by atoms with E-state index in [2.05, 4.69) is 13.8 Å². The molecule has 0 aromatic carbocycles. The predicted molar refractivity (Wildman–Crippen MR) is 43.8 cm³/mol. The number of rotatable bonds is 3. The SMILES string of the molecule is CCCCC1(C)C2CCC21. The van der Waals surface area contributed by atoms with Crippen LogP contribution in [0.4, 0.5) is 0 Å². The number of hydrogen-bond acceptors (Lipinski definition) is 0. The van der Waals surface area contributed by atoms with Crippen LogP contribution in [0.15, 0.2) is 0 Å². The highest BCUT2D eigenvalue weighted by Gasteiger charge is 2.64. The van der Waals surface area contributed by atoms with E-state index >= 15 is 0 Å². The zero-order valence-electron chi connectivity index (χ0n) is 7.19. The molecule has 2 unspecified atom stereocenters. The molecule has 0 aliphatic heterocycles. The highest BCUT2D eigenvalue weighted by atomic mass is 14.7. The minimum atomic E-state index is 0.829. The second-order valence-corrected chi connectivity index (χ2v) is 4.40. The van der Waals surface area contributed by atoms with Gasteiger partial charge in [-0.3, -0.25) is 0 Å². The van der Waals surface area contributed by atoms with Crippen molar-refractivity contribution in [3.63, 3.8) is 0 Å². The summed E-state index contributed by atoms with van der Waals surface area (Å²) >= 11 is 0. The summed E-state index contributed by atoms with van der Waals surface area (Å²) in [5.74, 6) is 2.33. The molecule has 2 atom stereocenters. The highest BCUT2D eigenvalue weighted by Crippen LogP contribution is 2.72. The lowest BCUT2D eigenvalue weighted by atomic mass is 9.99. The number of fused-ring (bicyclic) bond motifs is 1. The minimum Gasteiger partial charge on any atom is -0.0654 e. The van der Waals surface area contributed by atoms with Crippen LogP contribution in [0.25, 0.3) is 0 Å². The van der Waals surface area contributed by atoms with Gasteiger partial charge in [0, 0.05) is 0 Å². The maximum absolute atomic E-state index is 2.50. The average molecular weight is 138 g/mol. The summed E-state index contributed by atoms with van der Waals surface area (Å²) in [7, 11) is 0. The van der Waals surface area contributed by atoms with Crippen molar-refractivity contribution in [3.8, 4) is 0 Å². The Bertz CT molecular complexity index is 127. The third kappa shape index (κ3) is 0.681. The van der Waals surface area contributed by atoms with E-state index in [0.717, 1.165) is 5.41 Å². The summed E-state index contributed by atoms with van der Waals surface area (Å²) in [4.78, 5) is 0. The maximum Gasteiger partial charge on any atom is -0.0264 e. The molecule has 2 fully saturated rings. The molecule has 0 bridgehead atoms. The first-order valence-electron chi connectivity index (χ1n) is 4.79. The van der Waals surface area contributed by atoms with Gasteiger partial charge in [-0.15, -0.1) is 0 Å². The lowest BCUT2D eigenvalue weighted by Gasteiger charge is -2.06. The summed E-state index contributed by atoms with van der Waals surface area (Å²) in [6.45, 7) is 4.80. The molecule has 10 heavy (non-hydrogen) atoms. The fourth-order valence-corrected chi connectivity index (χ4v) is 2.85. The van der Waals surface area contributed by atoms with E-state index < -0.39 is 0 Å². The first-order valence-corrected chi connectivity index (χ1v) is 4.79. The molecule has 0 heterocycles. The molecule has 0 N–H and O–H groups in total. The van der Waals surface area contributed by atoms with Crippen molar-refractivity contribution in [1.82, 2.24) is 0 Å². The third-order valence-electron chi connectivity index (χ3n) is 3.93. The molecule has 0 amide bonds. The number of unbranched alkanes of at least 4 members (excludes halogenated alkanes) is 1. The summed E-state index contributed by atoms with van der Waals surface area (Å²) in [6, 6.07) is 0. The Morgan fingerprint density at radius 2 is 1.90 bits per heavy atom. The van der Waals surface area contributed by atoms with Gasteiger partial charge in [0.15, 0.2) is 0 Å². The molecule has 0 nitrogen and oxygen atoms in total. The van der Waals surface area contributed by atoms with Crippen molar-refractivity contribution in [1.29, 1.82) is 0 Å². The van der Waals surface area contributed by atoms with Crippen molar-refractivity contribution in [2.24, 2.45) is 17.3 Å². The quantitative estimate of drug-likeness (QED) is 0.561. The Labute approximate surface area is 64.0 Å². The molecule has 2 saturated carbocycles. The van der Waals surface area contributed by atoms with Crippen molar-refractivity contribution in [2.45, 2.75) is 46.0 Å². The normalized spacial score (nSPS) is 49.8. The van der Waals surface area contributed by atoms with E-state index in [1.54, 1.807) is 12.8 Å². The first kappa shape index (κ1) is 6.69. The molecule has 0 aromatic rings. The fourth-order valence-electron chi connectivity index (χ4n) is 2.85. The van der Waals surface area contributed by atoms with Gasteiger partial charge in [-0.2, -0.15) is 0 Å². The van der Waals surface area contributed by atoms with E-state index in [0.29, 0.717) is 0 Å². The minimum absolute atomic E-state index is 0.829. The van der Waals surface area contributed by atoms with Crippen LogP contribution in [0, 0.1) is 17.3 Å². The van der Waals surface area contributed by atoms with Gasteiger partial charge in [-0.1, -0.05) is 26.7 Å². The predicted octanol–water partition coefficient (Wildman–Crippen LogP) is 3.22. The molecule has 0 radical (unpaired) electrons. The van der Waals surface area contributed by atoms with Crippen LogP contribution in [0.1, 0.15) is 46.0 Å². The van der Waals surface area contributed by atoms with Crippen LogP contribution >= 0.6 is 0 Å². The Hall–Kier alpha value is 0. The van der Waals surface area contributed by atoms with Crippen LogP contribution in [-0.4, -0.2) is 0 Å². The van der Waals surface area contributed by atoms with Gasteiger partial charge in [-0.25, -0.2) is 0 Å².